The molecule has 0 radical (unpaired) electrons. The fourth-order valence-electron chi connectivity index (χ4n) is 1.84. The van der Waals surface area contributed by atoms with E-state index in [0.29, 0.717) is 0 Å². The first-order valence-corrected chi connectivity index (χ1v) is 6.74. The average molecular weight is 286 g/mol. The van der Waals surface area contributed by atoms with Crippen LogP contribution in [0.15, 0.2) is 58.6 Å². The Kier molecular flexibility index (Phi) is 3.49. The smallest absolute Gasteiger partial charge is 0.238 e. The van der Waals surface area contributed by atoms with Gasteiger partial charge in [-0.2, -0.15) is 0 Å². The van der Waals surface area contributed by atoms with Crippen molar-refractivity contribution >= 4 is 28.5 Å². The van der Waals surface area contributed by atoms with Gasteiger partial charge in [-0.3, -0.25) is 5.43 Å². The van der Waals surface area contributed by atoms with Crippen molar-refractivity contribution in [3.8, 4) is 0 Å². The van der Waals surface area contributed by atoms with E-state index in [0.717, 1.165) is 21.9 Å². The molecule has 0 spiro atoms. The molecule has 0 saturated heterocycles. The number of halogens is 1. The summed E-state index contributed by atoms with van der Waals surface area (Å²) in [5.41, 5.74) is 2.31. The molecule has 3 rings (SSSR count). The molecule has 0 saturated carbocycles. The molecule has 3 N–H and O–H groups in total. The number of rotatable bonds is 3. The third-order valence-corrected chi connectivity index (χ3v) is 3.75. The van der Waals surface area contributed by atoms with Crippen LogP contribution < -0.4 is 11.3 Å². The number of hydrogen-bond acceptors (Lipinski definition) is 5. The van der Waals surface area contributed by atoms with Gasteiger partial charge in [-0.25, -0.2) is 20.2 Å². The summed E-state index contributed by atoms with van der Waals surface area (Å²) in [5.74, 6) is 4.95. The van der Waals surface area contributed by atoms with Crippen LogP contribution in [0, 0.1) is 5.82 Å². The number of hydrogen-bond donors (Lipinski definition) is 2. The van der Waals surface area contributed by atoms with E-state index in [9.17, 15) is 4.39 Å². The van der Waals surface area contributed by atoms with Crippen LogP contribution in [0.2, 0.25) is 0 Å². The quantitative estimate of drug-likeness (QED) is 0.440. The first-order valence-electron chi connectivity index (χ1n) is 5.92. The summed E-state index contributed by atoms with van der Waals surface area (Å²) in [5, 5.41) is 2.48. The summed E-state index contributed by atoms with van der Waals surface area (Å²) in [6, 6.07) is 13.9. The molecule has 20 heavy (non-hydrogen) atoms. The number of nitrogens with zero attached hydrogens (tertiary/aromatic N) is 2. The van der Waals surface area contributed by atoms with Gasteiger partial charge in [0.2, 0.25) is 5.95 Å². The van der Waals surface area contributed by atoms with Crippen molar-refractivity contribution in [2.75, 3.05) is 5.43 Å². The molecule has 3 aromatic rings. The van der Waals surface area contributed by atoms with Crippen LogP contribution in [0.25, 0.3) is 10.8 Å². The predicted octanol–water partition coefficient (Wildman–Crippen LogP) is 3.21. The van der Waals surface area contributed by atoms with E-state index < -0.39 is 5.82 Å². The minimum Gasteiger partial charge on any atom is -0.292 e. The van der Waals surface area contributed by atoms with E-state index in [-0.39, 0.29) is 11.0 Å². The highest BCUT2D eigenvalue weighted by Gasteiger charge is 2.08. The standard InChI is InChI=1S/C14H11FN4S/c15-12-8-17-14(19-16)18-13(12)20-11-6-5-9-3-1-2-4-10(9)7-11/h1-8H,16H2,(H,17,18,19). The summed E-state index contributed by atoms with van der Waals surface area (Å²) in [7, 11) is 0. The number of anilines is 1. The first-order chi connectivity index (χ1) is 9.76. The van der Waals surface area contributed by atoms with Gasteiger partial charge < -0.3 is 0 Å². The molecule has 0 fully saturated rings. The summed E-state index contributed by atoms with van der Waals surface area (Å²) >= 11 is 1.24. The third kappa shape index (κ3) is 2.56. The van der Waals surface area contributed by atoms with Crippen LogP contribution in [-0.4, -0.2) is 9.97 Å². The molecule has 4 nitrogen and oxygen atoms in total. The van der Waals surface area contributed by atoms with Crippen LogP contribution in [0.1, 0.15) is 0 Å². The van der Waals surface area contributed by atoms with Gasteiger partial charge in [0.25, 0.3) is 0 Å². The fraction of sp³-hybridized carbons (Fsp3) is 0. The number of nitrogen functional groups attached to an aromatic ring is 1. The third-order valence-electron chi connectivity index (χ3n) is 2.78. The monoisotopic (exact) mass is 286 g/mol. The van der Waals surface area contributed by atoms with Crippen molar-refractivity contribution in [2.45, 2.75) is 9.92 Å². The predicted molar refractivity (Wildman–Crippen MR) is 77.9 cm³/mol. The van der Waals surface area contributed by atoms with Crippen molar-refractivity contribution in [1.29, 1.82) is 0 Å². The van der Waals surface area contributed by atoms with Gasteiger partial charge in [-0.05, 0) is 22.9 Å². The van der Waals surface area contributed by atoms with Crippen LogP contribution in [0.3, 0.4) is 0 Å². The highest BCUT2D eigenvalue weighted by molar-refractivity contribution is 7.99. The lowest BCUT2D eigenvalue weighted by Crippen LogP contribution is -2.11. The van der Waals surface area contributed by atoms with Crippen LogP contribution in [0.4, 0.5) is 10.3 Å². The van der Waals surface area contributed by atoms with E-state index in [1.165, 1.54) is 11.8 Å². The summed E-state index contributed by atoms with van der Waals surface area (Å²) in [4.78, 5) is 8.63. The summed E-state index contributed by atoms with van der Waals surface area (Å²) < 4.78 is 13.7. The minimum atomic E-state index is -0.470. The number of fused-ring (bicyclic) bond motifs is 1. The second-order valence-electron chi connectivity index (χ2n) is 4.10. The van der Waals surface area contributed by atoms with Crippen LogP contribution >= 0.6 is 11.8 Å². The molecule has 1 heterocycles. The molecule has 0 aliphatic carbocycles. The fourth-order valence-corrected chi connectivity index (χ4v) is 2.66. The maximum absolute atomic E-state index is 13.7. The van der Waals surface area contributed by atoms with Crippen molar-refractivity contribution in [2.24, 2.45) is 5.84 Å². The molecule has 2 aromatic carbocycles. The maximum Gasteiger partial charge on any atom is 0.238 e. The van der Waals surface area contributed by atoms with E-state index in [4.69, 9.17) is 5.84 Å². The number of nitrogens with one attached hydrogen (secondary N) is 1. The zero-order valence-electron chi connectivity index (χ0n) is 10.4. The minimum absolute atomic E-state index is 0.190. The largest absolute Gasteiger partial charge is 0.292 e. The van der Waals surface area contributed by atoms with Gasteiger partial charge in [0.05, 0.1) is 6.20 Å². The number of aromatic nitrogens is 2. The lowest BCUT2D eigenvalue weighted by atomic mass is 10.1. The van der Waals surface area contributed by atoms with Gasteiger partial charge in [-0.1, -0.05) is 42.1 Å². The maximum atomic E-state index is 13.7. The normalized spacial score (nSPS) is 10.7. The van der Waals surface area contributed by atoms with Gasteiger partial charge >= 0.3 is 0 Å². The highest BCUT2D eigenvalue weighted by atomic mass is 32.2. The molecule has 100 valence electrons. The Balaban J connectivity index is 1.96. The molecule has 0 unspecified atom stereocenters. The molecular weight excluding hydrogens is 275 g/mol. The van der Waals surface area contributed by atoms with Crippen molar-refractivity contribution in [3.05, 3.63) is 54.5 Å². The molecule has 1 aromatic heterocycles. The van der Waals surface area contributed by atoms with Gasteiger partial charge in [0, 0.05) is 4.90 Å². The second-order valence-corrected chi connectivity index (χ2v) is 5.16. The topological polar surface area (TPSA) is 63.8 Å². The van der Waals surface area contributed by atoms with Crippen LogP contribution in [0.5, 0.6) is 0 Å². The van der Waals surface area contributed by atoms with E-state index >= 15 is 0 Å². The molecular formula is C14H11FN4S. The van der Waals surface area contributed by atoms with Crippen molar-refractivity contribution < 1.29 is 4.39 Å². The highest BCUT2D eigenvalue weighted by Crippen LogP contribution is 2.30. The Morgan fingerprint density at radius 3 is 2.70 bits per heavy atom. The Labute approximate surface area is 119 Å². The molecule has 0 bridgehead atoms. The molecule has 6 heteroatoms. The Bertz CT molecular complexity index is 763. The second kappa shape index (κ2) is 5.44. The van der Waals surface area contributed by atoms with E-state index in [2.05, 4.69) is 15.4 Å². The van der Waals surface area contributed by atoms with E-state index in [1.54, 1.807) is 0 Å². The molecule has 0 atom stereocenters. The lowest BCUT2D eigenvalue weighted by Gasteiger charge is -2.05. The Hall–Kier alpha value is -2.18. The van der Waals surface area contributed by atoms with E-state index in [1.807, 2.05) is 42.5 Å². The van der Waals surface area contributed by atoms with Gasteiger partial charge in [-0.15, -0.1) is 0 Å². The van der Waals surface area contributed by atoms with Crippen LogP contribution in [-0.2, 0) is 0 Å². The molecule has 0 aliphatic rings. The Morgan fingerprint density at radius 2 is 1.90 bits per heavy atom. The zero-order valence-corrected chi connectivity index (χ0v) is 11.2. The number of nitrogens with two attached hydrogens (primary N) is 1. The summed E-state index contributed by atoms with van der Waals surface area (Å²) in [6.45, 7) is 0. The lowest BCUT2D eigenvalue weighted by molar-refractivity contribution is 0.580. The van der Waals surface area contributed by atoms with Gasteiger partial charge in [0.15, 0.2) is 5.82 Å². The summed E-state index contributed by atoms with van der Waals surface area (Å²) in [6.07, 6.45) is 1.10. The van der Waals surface area contributed by atoms with Crippen molar-refractivity contribution in [3.63, 3.8) is 0 Å². The van der Waals surface area contributed by atoms with Crippen molar-refractivity contribution in [1.82, 2.24) is 9.97 Å². The Morgan fingerprint density at radius 1 is 1.10 bits per heavy atom. The SMILES string of the molecule is NNc1ncc(F)c(Sc2ccc3ccccc3c2)n1. The number of hydrazine groups is 1. The van der Waals surface area contributed by atoms with Gasteiger partial charge in [0.1, 0.15) is 5.03 Å². The first kappa shape index (κ1) is 12.8. The average Bonchev–Trinajstić information content (AvgIpc) is 2.49. The molecule has 0 aliphatic heterocycles. The number of benzene rings is 2. The molecule has 0 amide bonds. The zero-order chi connectivity index (χ0) is 13.9.